The van der Waals surface area contributed by atoms with Crippen molar-refractivity contribution in [2.24, 2.45) is 0 Å². The van der Waals surface area contributed by atoms with E-state index in [4.69, 9.17) is 5.73 Å². The Hall–Kier alpha value is -3.69. The fourth-order valence-corrected chi connectivity index (χ4v) is 2.78. The molecule has 0 aromatic carbocycles. The van der Waals surface area contributed by atoms with Crippen LogP contribution >= 0.6 is 0 Å². The lowest BCUT2D eigenvalue weighted by Crippen LogP contribution is -2.19. The summed E-state index contributed by atoms with van der Waals surface area (Å²) < 4.78 is 17.1. The highest BCUT2D eigenvalue weighted by Crippen LogP contribution is 2.27. The van der Waals surface area contributed by atoms with Crippen LogP contribution in [-0.4, -0.2) is 36.9 Å². The number of pyridine rings is 1. The van der Waals surface area contributed by atoms with Crippen molar-refractivity contribution in [2.75, 3.05) is 12.8 Å². The lowest BCUT2D eigenvalue weighted by molar-refractivity contribution is 0.0957. The van der Waals surface area contributed by atoms with Gasteiger partial charge in [-0.15, -0.1) is 5.10 Å². The molecule has 9 nitrogen and oxygen atoms in total. The summed E-state index contributed by atoms with van der Waals surface area (Å²) in [4.78, 5) is 30.6. The van der Waals surface area contributed by atoms with Gasteiger partial charge in [0.1, 0.15) is 16.9 Å². The molecule has 0 spiro atoms. The molecule has 0 saturated carbocycles. The minimum atomic E-state index is -0.635. The maximum Gasteiger partial charge on any atom is 0.277 e. The van der Waals surface area contributed by atoms with Gasteiger partial charge >= 0.3 is 0 Å². The maximum atomic E-state index is 14.5. The SMILES string of the molecule is CNC(=O)c1cnc2ccc(-c3c(F)cn4nc(N)[nH]c(=O)c34)cn12. The summed E-state index contributed by atoms with van der Waals surface area (Å²) in [7, 11) is 1.50. The van der Waals surface area contributed by atoms with Gasteiger partial charge in [-0.05, 0) is 12.1 Å². The first-order valence-corrected chi connectivity index (χ1v) is 7.26. The second-order valence-electron chi connectivity index (χ2n) is 5.35. The number of aromatic nitrogens is 5. The summed E-state index contributed by atoms with van der Waals surface area (Å²) in [6.45, 7) is 0. The van der Waals surface area contributed by atoms with Crippen LogP contribution in [0.4, 0.5) is 10.3 Å². The van der Waals surface area contributed by atoms with E-state index < -0.39 is 11.4 Å². The molecule has 4 aromatic rings. The Morgan fingerprint density at radius 1 is 1.36 bits per heavy atom. The summed E-state index contributed by atoms with van der Waals surface area (Å²) in [5.41, 5.74) is 6.21. The van der Waals surface area contributed by atoms with Crippen molar-refractivity contribution in [2.45, 2.75) is 0 Å². The molecule has 4 aromatic heterocycles. The molecule has 4 rings (SSSR count). The summed E-state index contributed by atoms with van der Waals surface area (Å²) in [5, 5.41) is 6.38. The predicted octanol–water partition coefficient (Wildman–Crippen LogP) is 0.418. The Balaban J connectivity index is 2.02. The van der Waals surface area contributed by atoms with Gasteiger partial charge < -0.3 is 11.1 Å². The van der Waals surface area contributed by atoms with E-state index in [1.807, 2.05) is 0 Å². The third-order valence-electron chi connectivity index (χ3n) is 3.87. The number of imidazole rings is 1. The molecule has 0 fully saturated rings. The number of hydrogen-bond donors (Lipinski definition) is 3. The van der Waals surface area contributed by atoms with Gasteiger partial charge in [0.15, 0.2) is 5.82 Å². The fraction of sp³-hybridized carbons (Fsp3) is 0.0667. The summed E-state index contributed by atoms with van der Waals surface area (Å²) in [6, 6.07) is 3.24. The molecular weight excluding hydrogens is 329 g/mol. The minimum Gasteiger partial charge on any atom is -0.368 e. The number of hydrogen-bond acceptors (Lipinski definition) is 5. The number of carbonyl (C=O) groups excluding carboxylic acids is 1. The number of carbonyl (C=O) groups is 1. The third kappa shape index (κ3) is 2.15. The summed E-state index contributed by atoms with van der Waals surface area (Å²) in [6.07, 6.45) is 4.04. The quantitative estimate of drug-likeness (QED) is 0.488. The van der Waals surface area contributed by atoms with Crippen LogP contribution in [0, 0.1) is 5.82 Å². The number of rotatable bonds is 2. The van der Waals surface area contributed by atoms with Crippen LogP contribution < -0.4 is 16.6 Å². The van der Waals surface area contributed by atoms with E-state index in [0.29, 0.717) is 16.9 Å². The molecular formula is C15H12FN7O2. The van der Waals surface area contributed by atoms with E-state index in [-0.39, 0.29) is 22.9 Å². The van der Waals surface area contributed by atoms with E-state index in [0.717, 1.165) is 10.7 Å². The van der Waals surface area contributed by atoms with Gasteiger partial charge in [0, 0.05) is 18.8 Å². The van der Waals surface area contributed by atoms with Crippen LogP contribution in [0.2, 0.25) is 0 Å². The van der Waals surface area contributed by atoms with Crippen molar-refractivity contribution in [3.63, 3.8) is 0 Å². The molecule has 10 heteroatoms. The van der Waals surface area contributed by atoms with Crippen molar-refractivity contribution in [1.82, 2.24) is 29.3 Å². The molecule has 4 N–H and O–H groups in total. The van der Waals surface area contributed by atoms with Crippen molar-refractivity contribution in [3.05, 3.63) is 52.6 Å². The molecule has 1 amide bonds. The Kier molecular flexibility index (Phi) is 3.07. The normalized spacial score (nSPS) is 11.3. The topological polar surface area (TPSA) is 123 Å². The number of nitrogens with one attached hydrogen (secondary N) is 2. The summed E-state index contributed by atoms with van der Waals surface area (Å²) in [5.74, 6) is -1.09. The number of halogens is 1. The molecule has 0 aliphatic rings. The zero-order valence-corrected chi connectivity index (χ0v) is 12.9. The van der Waals surface area contributed by atoms with Crippen LogP contribution in [0.1, 0.15) is 10.5 Å². The second kappa shape index (κ2) is 5.16. The van der Waals surface area contributed by atoms with Crippen LogP contribution in [0.25, 0.3) is 22.3 Å². The van der Waals surface area contributed by atoms with Crippen molar-refractivity contribution in [3.8, 4) is 11.1 Å². The Morgan fingerprint density at radius 3 is 2.92 bits per heavy atom. The van der Waals surface area contributed by atoms with Crippen molar-refractivity contribution in [1.29, 1.82) is 0 Å². The van der Waals surface area contributed by atoms with Crippen LogP contribution in [0.15, 0.2) is 35.5 Å². The molecule has 126 valence electrons. The minimum absolute atomic E-state index is 0.0210. The first kappa shape index (κ1) is 14.9. The average Bonchev–Trinajstić information content (AvgIpc) is 3.13. The van der Waals surface area contributed by atoms with Gasteiger partial charge in [-0.3, -0.25) is 19.0 Å². The number of aromatic amines is 1. The zero-order chi connectivity index (χ0) is 17.7. The molecule has 0 unspecified atom stereocenters. The first-order valence-electron chi connectivity index (χ1n) is 7.26. The highest BCUT2D eigenvalue weighted by atomic mass is 19.1. The molecule has 0 aliphatic carbocycles. The molecule has 0 bridgehead atoms. The Labute approximate surface area is 138 Å². The standard InChI is InChI=1S/C15H12FN7O2/c1-18-13(24)9-4-19-10-3-2-7(5-22(9)10)11-8(16)6-23-12(11)14(25)20-15(17)21-23/h2-6H,1H3,(H,18,24)(H3,17,20,21,25). The van der Waals surface area contributed by atoms with Crippen molar-refractivity contribution >= 4 is 23.0 Å². The molecule has 0 saturated heterocycles. The van der Waals surface area contributed by atoms with E-state index in [2.05, 4.69) is 20.4 Å². The lowest BCUT2D eigenvalue weighted by Gasteiger charge is -2.05. The molecule has 0 aliphatic heterocycles. The van der Waals surface area contributed by atoms with Gasteiger partial charge in [-0.2, -0.15) is 0 Å². The van der Waals surface area contributed by atoms with E-state index in [1.165, 1.54) is 17.6 Å². The number of amides is 1. The van der Waals surface area contributed by atoms with E-state index >= 15 is 0 Å². The van der Waals surface area contributed by atoms with Gasteiger partial charge in [-0.25, -0.2) is 13.9 Å². The Bertz CT molecular complexity index is 1200. The molecule has 4 heterocycles. The number of anilines is 1. The number of nitrogens with two attached hydrogens (primary N) is 1. The van der Waals surface area contributed by atoms with E-state index in [1.54, 1.807) is 18.3 Å². The largest absolute Gasteiger partial charge is 0.368 e. The molecule has 0 radical (unpaired) electrons. The maximum absolute atomic E-state index is 14.5. The number of nitrogens with zero attached hydrogens (tertiary/aromatic N) is 4. The second-order valence-corrected chi connectivity index (χ2v) is 5.35. The zero-order valence-electron chi connectivity index (χ0n) is 12.9. The number of nitrogen functional groups attached to an aromatic ring is 1. The van der Waals surface area contributed by atoms with Gasteiger partial charge in [0.05, 0.1) is 18.0 Å². The van der Waals surface area contributed by atoms with Crippen LogP contribution in [-0.2, 0) is 0 Å². The van der Waals surface area contributed by atoms with Crippen molar-refractivity contribution < 1.29 is 9.18 Å². The highest BCUT2D eigenvalue weighted by Gasteiger charge is 2.19. The first-order chi connectivity index (χ1) is 12.0. The van der Waals surface area contributed by atoms with Gasteiger partial charge in [-0.1, -0.05) is 0 Å². The van der Waals surface area contributed by atoms with E-state index in [9.17, 15) is 14.0 Å². The third-order valence-corrected chi connectivity index (χ3v) is 3.87. The Morgan fingerprint density at radius 2 is 2.16 bits per heavy atom. The fourth-order valence-electron chi connectivity index (χ4n) is 2.78. The number of fused-ring (bicyclic) bond motifs is 2. The number of H-pyrrole nitrogens is 1. The average molecular weight is 341 g/mol. The summed E-state index contributed by atoms with van der Waals surface area (Å²) >= 11 is 0. The predicted molar refractivity (Wildman–Crippen MR) is 87.8 cm³/mol. The monoisotopic (exact) mass is 341 g/mol. The molecule has 0 atom stereocenters. The smallest absolute Gasteiger partial charge is 0.277 e. The molecule has 25 heavy (non-hydrogen) atoms. The van der Waals surface area contributed by atoms with Gasteiger partial charge in [0.25, 0.3) is 11.5 Å². The van der Waals surface area contributed by atoms with Crippen LogP contribution in [0.3, 0.4) is 0 Å². The highest BCUT2D eigenvalue weighted by molar-refractivity contribution is 5.93. The van der Waals surface area contributed by atoms with Gasteiger partial charge in [0.2, 0.25) is 5.95 Å². The lowest BCUT2D eigenvalue weighted by atomic mass is 10.1. The van der Waals surface area contributed by atoms with Crippen LogP contribution in [0.5, 0.6) is 0 Å².